The van der Waals surface area contributed by atoms with Crippen LogP contribution >= 0.6 is 0 Å². The molecule has 0 atom stereocenters. The molecule has 0 bridgehead atoms. The molecule has 4 nitrogen and oxygen atoms in total. The molecule has 0 fully saturated rings. The van der Waals surface area contributed by atoms with Crippen LogP contribution in [0.2, 0.25) is 0 Å². The highest BCUT2D eigenvalue weighted by Crippen LogP contribution is 2.17. The lowest BCUT2D eigenvalue weighted by molar-refractivity contribution is 0.566. The second-order valence-corrected chi connectivity index (χ2v) is 6.04. The van der Waals surface area contributed by atoms with E-state index < -0.39 is 0 Å². The van der Waals surface area contributed by atoms with Crippen molar-refractivity contribution in [2.45, 2.75) is 59.8 Å². The predicted molar refractivity (Wildman–Crippen MR) is 87.5 cm³/mol. The Morgan fingerprint density at radius 3 is 2.10 bits per heavy atom. The van der Waals surface area contributed by atoms with Crippen LogP contribution in [-0.2, 0) is 0 Å². The van der Waals surface area contributed by atoms with Crippen LogP contribution in [0.25, 0.3) is 0 Å². The van der Waals surface area contributed by atoms with Crippen molar-refractivity contribution in [2.75, 3.05) is 23.7 Å². The van der Waals surface area contributed by atoms with Crippen LogP contribution in [0.4, 0.5) is 11.6 Å². The molecule has 4 heteroatoms. The average molecular weight is 278 g/mol. The van der Waals surface area contributed by atoms with Gasteiger partial charge >= 0.3 is 0 Å². The number of nitrogens with zero attached hydrogens (tertiary/aromatic N) is 2. The molecule has 20 heavy (non-hydrogen) atoms. The lowest BCUT2D eigenvalue weighted by atomic mass is 10.1. The normalized spacial score (nSPS) is 11.2. The van der Waals surface area contributed by atoms with Gasteiger partial charge in [-0.3, -0.25) is 0 Å². The van der Waals surface area contributed by atoms with Crippen LogP contribution in [0.5, 0.6) is 0 Å². The zero-order valence-corrected chi connectivity index (χ0v) is 13.7. The molecule has 1 heterocycles. The second kappa shape index (κ2) is 8.77. The molecule has 0 aliphatic rings. The van der Waals surface area contributed by atoms with Crippen LogP contribution in [-0.4, -0.2) is 23.1 Å². The van der Waals surface area contributed by atoms with Crippen molar-refractivity contribution in [3.05, 3.63) is 11.9 Å². The lowest BCUT2D eigenvalue weighted by Crippen LogP contribution is -2.10. The molecular weight excluding hydrogens is 248 g/mol. The summed E-state index contributed by atoms with van der Waals surface area (Å²) in [6.07, 6.45) is 3.52. The molecular formula is C16H30N4. The van der Waals surface area contributed by atoms with E-state index >= 15 is 0 Å². The van der Waals surface area contributed by atoms with Crippen LogP contribution in [0.1, 0.15) is 65.6 Å². The second-order valence-electron chi connectivity index (χ2n) is 6.04. The fourth-order valence-electron chi connectivity index (χ4n) is 1.89. The quantitative estimate of drug-likeness (QED) is 0.662. The van der Waals surface area contributed by atoms with E-state index in [0.717, 1.165) is 42.9 Å². The summed E-state index contributed by atoms with van der Waals surface area (Å²) in [7, 11) is 0. The fraction of sp³-hybridized carbons (Fsp3) is 0.750. The van der Waals surface area contributed by atoms with Gasteiger partial charge in [-0.05, 0) is 25.2 Å². The molecule has 1 rings (SSSR count). The Morgan fingerprint density at radius 2 is 1.60 bits per heavy atom. The van der Waals surface area contributed by atoms with Gasteiger partial charge in [0, 0.05) is 25.1 Å². The van der Waals surface area contributed by atoms with Crippen molar-refractivity contribution < 1.29 is 0 Å². The maximum Gasteiger partial charge on any atom is 0.135 e. The van der Waals surface area contributed by atoms with Crippen molar-refractivity contribution in [2.24, 2.45) is 5.92 Å². The lowest BCUT2D eigenvalue weighted by Gasteiger charge is -2.13. The monoisotopic (exact) mass is 278 g/mol. The molecule has 0 amide bonds. The van der Waals surface area contributed by atoms with Crippen molar-refractivity contribution in [3.63, 3.8) is 0 Å². The van der Waals surface area contributed by atoms with E-state index in [9.17, 15) is 0 Å². The average Bonchev–Trinajstić information content (AvgIpc) is 2.41. The van der Waals surface area contributed by atoms with Gasteiger partial charge in [-0.2, -0.15) is 0 Å². The first-order chi connectivity index (χ1) is 9.52. The Bertz CT molecular complexity index is 388. The third kappa shape index (κ3) is 6.22. The van der Waals surface area contributed by atoms with E-state index in [-0.39, 0.29) is 0 Å². The van der Waals surface area contributed by atoms with E-state index in [1.54, 1.807) is 0 Å². The zero-order chi connectivity index (χ0) is 15.0. The van der Waals surface area contributed by atoms with Crippen molar-refractivity contribution >= 4 is 11.6 Å². The maximum absolute atomic E-state index is 4.60. The first-order valence-corrected chi connectivity index (χ1v) is 7.89. The van der Waals surface area contributed by atoms with Gasteiger partial charge in [0.05, 0.1) is 0 Å². The highest BCUT2D eigenvalue weighted by atomic mass is 15.1. The SMILES string of the molecule is CCCNc1cc(NCCCC(C)C)nc(C(C)C)n1. The van der Waals surface area contributed by atoms with Crippen molar-refractivity contribution in [1.82, 2.24) is 9.97 Å². The molecule has 0 unspecified atom stereocenters. The Balaban J connectivity index is 2.65. The van der Waals surface area contributed by atoms with Crippen molar-refractivity contribution in [3.8, 4) is 0 Å². The minimum atomic E-state index is 0.342. The number of nitrogens with one attached hydrogen (secondary N) is 2. The van der Waals surface area contributed by atoms with Gasteiger partial charge in [0.1, 0.15) is 17.5 Å². The molecule has 0 aliphatic carbocycles. The molecule has 0 aromatic carbocycles. The Labute approximate surface area is 123 Å². The topological polar surface area (TPSA) is 49.8 Å². The molecule has 0 radical (unpaired) electrons. The molecule has 1 aromatic heterocycles. The number of aromatic nitrogens is 2. The fourth-order valence-corrected chi connectivity index (χ4v) is 1.89. The summed E-state index contributed by atoms with van der Waals surface area (Å²) in [4.78, 5) is 9.16. The largest absolute Gasteiger partial charge is 0.370 e. The number of hydrogen-bond donors (Lipinski definition) is 2. The minimum absolute atomic E-state index is 0.342. The van der Waals surface area contributed by atoms with Crippen molar-refractivity contribution in [1.29, 1.82) is 0 Å². The summed E-state index contributed by atoms with van der Waals surface area (Å²) in [5, 5.41) is 6.77. The third-order valence-corrected chi connectivity index (χ3v) is 3.08. The summed E-state index contributed by atoms with van der Waals surface area (Å²) in [5.74, 6) is 3.87. The van der Waals surface area contributed by atoms with Gasteiger partial charge in [-0.15, -0.1) is 0 Å². The summed E-state index contributed by atoms with van der Waals surface area (Å²) < 4.78 is 0. The third-order valence-electron chi connectivity index (χ3n) is 3.08. The predicted octanol–water partition coefficient (Wildman–Crippen LogP) is 4.27. The highest BCUT2D eigenvalue weighted by molar-refractivity contribution is 5.47. The van der Waals surface area contributed by atoms with Crippen LogP contribution in [0.15, 0.2) is 6.07 Å². The van der Waals surface area contributed by atoms with Gasteiger partial charge < -0.3 is 10.6 Å². The molecule has 0 aliphatic heterocycles. The zero-order valence-electron chi connectivity index (χ0n) is 13.7. The van der Waals surface area contributed by atoms with Crippen LogP contribution < -0.4 is 10.6 Å². The van der Waals surface area contributed by atoms with Gasteiger partial charge in [-0.25, -0.2) is 9.97 Å². The summed E-state index contributed by atoms with van der Waals surface area (Å²) in [6.45, 7) is 12.8. The van der Waals surface area contributed by atoms with E-state index in [1.165, 1.54) is 12.8 Å². The Kier molecular flexibility index (Phi) is 7.34. The number of hydrogen-bond acceptors (Lipinski definition) is 4. The van der Waals surface area contributed by atoms with E-state index in [1.807, 2.05) is 6.07 Å². The molecule has 2 N–H and O–H groups in total. The Morgan fingerprint density at radius 1 is 1.00 bits per heavy atom. The number of rotatable bonds is 9. The van der Waals surface area contributed by atoms with E-state index in [0.29, 0.717) is 5.92 Å². The minimum Gasteiger partial charge on any atom is -0.370 e. The summed E-state index contributed by atoms with van der Waals surface area (Å²) >= 11 is 0. The Hall–Kier alpha value is -1.32. The number of anilines is 2. The smallest absolute Gasteiger partial charge is 0.135 e. The summed E-state index contributed by atoms with van der Waals surface area (Å²) in [5.41, 5.74) is 0. The first kappa shape index (κ1) is 16.7. The van der Waals surface area contributed by atoms with Gasteiger partial charge in [0.15, 0.2) is 0 Å². The van der Waals surface area contributed by atoms with Gasteiger partial charge in [0.25, 0.3) is 0 Å². The van der Waals surface area contributed by atoms with Gasteiger partial charge in [0.2, 0.25) is 0 Å². The van der Waals surface area contributed by atoms with Gasteiger partial charge in [-0.1, -0.05) is 34.6 Å². The first-order valence-electron chi connectivity index (χ1n) is 7.89. The molecule has 0 saturated heterocycles. The molecule has 1 aromatic rings. The van der Waals surface area contributed by atoms with E-state index in [4.69, 9.17) is 0 Å². The maximum atomic E-state index is 4.60. The standard InChI is InChI=1S/C16H30N4/c1-6-9-17-14-11-15(18-10-7-8-12(2)3)20-16(19-14)13(4)5/h11-13H,6-10H2,1-5H3,(H2,17,18,19,20). The molecule has 0 saturated carbocycles. The van der Waals surface area contributed by atoms with Crippen LogP contribution in [0, 0.1) is 5.92 Å². The van der Waals surface area contributed by atoms with Crippen LogP contribution in [0.3, 0.4) is 0 Å². The summed E-state index contributed by atoms with van der Waals surface area (Å²) in [6, 6.07) is 2.01. The highest BCUT2D eigenvalue weighted by Gasteiger charge is 2.07. The van der Waals surface area contributed by atoms with E-state index in [2.05, 4.69) is 55.2 Å². The molecule has 0 spiro atoms. The molecule has 114 valence electrons.